The number of rotatable bonds is 7. The van der Waals surface area contributed by atoms with E-state index in [9.17, 15) is 19.1 Å². The molecule has 1 amide bonds. The van der Waals surface area contributed by atoms with Gasteiger partial charge in [-0.25, -0.2) is 4.39 Å². The van der Waals surface area contributed by atoms with Gasteiger partial charge in [0.1, 0.15) is 17.3 Å². The first kappa shape index (κ1) is 20.6. The van der Waals surface area contributed by atoms with Gasteiger partial charge in [-0.15, -0.1) is 0 Å². The van der Waals surface area contributed by atoms with E-state index in [1.807, 2.05) is 6.92 Å². The SMILES string of the molecule is CCCCCN1C(=O)C(=O)/C(=C(\O)c2cccc(OC)c2)C1c1ccccc1F. The number of ketones is 1. The Kier molecular flexibility index (Phi) is 6.32. The van der Waals surface area contributed by atoms with Crippen molar-refractivity contribution in [3.05, 3.63) is 71.0 Å². The van der Waals surface area contributed by atoms with Crippen LogP contribution in [0.2, 0.25) is 0 Å². The summed E-state index contributed by atoms with van der Waals surface area (Å²) < 4.78 is 19.8. The molecule has 0 aromatic heterocycles. The monoisotopic (exact) mass is 397 g/mol. The number of Topliss-reactive ketones (excluding diaryl/α,β-unsaturated/α-hetero) is 1. The number of nitrogens with zero attached hydrogens (tertiary/aromatic N) is 1. The molecule has 1 saturated heterocycles. The average molecular weight is 397 g/mol. The van der Waals surface area contributed by atoms with E-state index in [2.05, 4.69) is 0 Å². The van der Waals surface area contributed by atoms with Gasteiger partial charge in [0, 0.05) is 17.7 Å². The standard InChI is InChI=1S/C23H24FNO4/c1-3-4-7-13-25-20(17-11-5-6-12-18(17)24)19(22(27)23(25)28)21(26)15-9-8-10-16(14-15)29-2/h5-6,8-12,14,20,26H,3-4,7,13H2,1-2H3/b21-19-. The van der Waals surface area contributed by atoms with Gasteiger partial charge in [-0.3, -0.25) is 9.59 Å². The maximum absolute atomic E-state index is 14.6. The van der Waals surface area contributed by atoms with Gasteiger partial charge >= 0.3 is 0 Å². The van der Waals surface area contributed by atoms with Gasteiger partial charge in [-0.1, -0.05) is 50.1 Å². The number of unbranched alkanes of at least 4 members (excludes halogenated alkanes) is 2. The minimum Gasteiger partial charge on any atom is -0.507 e. The van der Waals surface area contributed by atoms with Crippen molar-refractivity contribution in [2.45, 2.75) is 32.2 Å². The summed E-state index contributed by atoms with van der Waals surface area (Å²) in [5.41, 5.74) is 0.412. The van der Waals surface area contributed by atoms with Crippen molar-refractivity contribution in [3.8, 4) is 5.75 Å². The number of likely N-dealkylation sites (tertiary alicyclic amines) is 1. The van der Waals surface area contributed by atoms with Crippen LogP contribution in [0.15, 0.2) is 54.1 Å². The highest BCUT2D eigenvalue weighted by Crippen LogP contribution is 2.40. The van der Waals surface area contributed by atoms with Crippen molar-refractivity contribution < 1.29 is 23.8 Å². The summed E-state index contributed by atoms with van der Waals surface area (Å²) in [6, 6.07) is 11.6. The van der Waals surface area contributed by atoms with E-state index < -0.39 is 23.5 Å². The zero-order valence-electron chi connectivity index (χ0n) is 16.5. The van der Waals surface area contributed by atoms with Crippen molar-refractivity contribution in [2.24, 2.45) is 0 Å². The molecular weight excluding hydrogens is 373 g/mol. The molecule has 0 saturated carbocycles. The van der Waals surface area contributed by atoms with Gasteiger partial charge in [0.25, 0.3) is 11.7 Å². The molecule has 1 N–H and O–H groups in total. The lowest BCUT2D eigenvalue weighted by Gasteiger charge is -2.25. The first-order valence-corrected chi connectivity index (χ1v) is 9.66. The number of methoxy groups -OCH3 is 1. The predicted molar refractivity (Wildman–Crippen MR) is 108 cm³/mol. The smallest absolute Gasteiger partial charge is 0.295 e. The molecular formula is C23H24FNO4. The first-order chi connectivity index (χ1) is 14.0. The molecule has 0 radical (unpaired) electrons. The zero-order valence-corrected chi connectivity index (χ0v) is 16.5. The van der Waals surface area contributed by atoms with E-state index >= 15 is 0 Å². The number of hydrogen-bond acceptors (Lipinski definition) is 4. The Hall–Kier alpha value is -3.15. The van der Waals surface area contributed by atoms with Gasteiger partial charge in [-0.05, 0) is 24.6 Å². The molecule has 0 spiro atoms. The van der Waals surface area contributed by atoms with E-state index in [0.717, 1.165) is 12.8 Å². The quantitative estimate of drug-likeness (QED) is 0.325. The third-order valence-corrected chi connectivity index (χ3v) is 5.09. The Morgan fingerprint density at radius 1 is 1.14 bits per heavy atom. The van der Waals surface area contributed by atoms with Crippen LogP contribution in [-0.2, 0) is 9.59 Å². The van der Waals surface area contributed by atoms with Crippen molar-refractivity contribution in [3.63, 3.8) is 0 Å². The number of halogens is 1. The normalized spacial score (nSPS) is 18.3. The van der Waals surface area contributed by atoms with E-state index in [4.69, 9.17) is 4.74 Å². The van der Waals surface area contributed by atoms with Crippen molar-refractivity contribution in [2.75, 3.05) is 13.7 Å². The van der Waals surface area contributed by atoms with Crippen LogP contribution in [0.5, 0.6) is 5.75 Å². The lowest BCUT2D eigenvalue weighted by Crippen LogP contribution is -2.31. The Morgan fingerprint density at radius 3 is 2.59 bits per heavy atom. The molecule has 0 bridgehead atoms. The summed E-state index contributed by atoms with van der Waals surface area (Å²) in [7, 11) is 1.49. The fourth-order valence-electron chi connectivity index (χ4n) is 3.59. The number of carbonyl (C=O) groups is 2. The van der Waals surface area contributed by atoms with Crippen LogP contribution in [0, 0.1) is 5.82 Å². The summed E-state index contributed by atoms with van der Waals surface area (Å²) in [4.78, 5) is 27.0. The second-order valence-corrected chi connectivity index (χ2v) is 6.95. The Balaban J connectivity index is 2.15. The molecule has 1 aliphatic rings. The van der Waals surface area contributed by atoms with E-state index in [-0.39, 0.29) is 16.9 Å². The molecule has 152 valence electrons. The summed E-state index contributed by atoms with van der Waals surface area (Å²) in [6.07, 6.45) is 2.51. The Morgan fingerprint density at radius 2 is 1.90 bits per heavy atom. The lowest BCUT2D eigenvalue weighted by atomic mass is 9.94. The van der Waals surface area contributed by atoms with Crippen LogP contribution in [0.4, 0.5) is 4.39 Å². The second-order valence-electron chi connectivity index (χ2n) is 6.95. The maximum Gasteiger partial charge on any atom is 0.295 e. The summed E-state index contributed by atoms with van der Waals surface area (Å²) in [5, 5.41) is 10.9. The molecule has 6 heteroatoms. The van der Waals surface area contributed by atoms with Crippen molar-refractivity contribution in [1.29, 1.82) is 0 Å². The molecule has 1 atom stereocenters. The Labute approximate surface area is 169 Å². The van der Waals surface area contributed by atoms with Gasteiger partial charge in [-0.2, -0.15) is 0 Å². The predicted octanol–water partition coefficient (Wildman–Crippen LogP) is 4.45. The van der Waals surface area contributed by atoms with Crippen LogP contribution in [0.1, 0.15) is 43.4 Å². The van der Waals surface area contributed by atoms with Crippen molar-refractivity contribution >= 4 is 17.4 Å². The van der Waals surface area contributed by atoms with Gasteiger partial charge < -0.3 is 14.7 Å². The molecule has 2 aromatic carbocycles. The highest BCUT2D eigenvalue weighted by atomic mass is 19.1. The molecule has 1 unspecified atom stereocenters. The highest BCUT2D eigenvalue weighted by molar-refractivity contribution is 6.46. The molecule has 5 nitrogen and oxygen atoms in total. The highest BCUT2D eigenvalue weighted by Gasteiger charge is 2.46. The molecule has 1 aliphatic heterocycles. The van der Waals surface area contributed by atoms with Crippen LogP contribution in [0.25, 0.3) is 5.76 Å². The maximum atomic E-state index is 14.6. The third-order valence-electron chi connectivity index (χ3n) is 5.09. The largest absolute Gasteiger partial charge is 0.507 e. The van der Waals surface area contributed by atoms with E-state index in [0.29, 0.717) is 24.3 Å². The van der Waals surface area contributed by atoms with E-state index in [1.54, 1.807) is 36.4 Å². The minimum atomic E-state index is -0.973. The molecule has 2 aromatic rings. The van der Waals surface area contributed by atoms with Gasteiger partial charge in [0.2, 0.25) is 0 Å². The van der Waals surface area contributed by atoms with E-state index in [1.165, 1.54) is 24.1 Å². The topological polar surface area (TPSA) is 66.8 Å². The summed E-state index contributed by atoms with van der Waals surface area (Å²) in [5.74, 6) is -1.91. The molecule has 0 aliphatic carbocycles. The average Bonchev–Trinajstić information content (AvgIpc) is 2.98. The second kappa shape index (κ2) is 8.90. The minimum absolute atomic E-state index is 0.107. The number of hydrogen-bond donors (Lipinski definition) is 1. The van der Waals surface area contributed by atoms with Gasteiger partial charge in [0.15, 0.2) is 0 Å². The lowest BCUT2D eigenvalue weighted by molar-refractivity contribution is -0.139. The van der Waals surface area contributed by atoms with Crippen LogP contribution >= 0.6 is 0 Å². The van der Waals surface area contributed by atoms with Crippen LogP contribution in [-0.4, -0.2) is 35.4 Å². The third kappa shape index (κ3) is 4.01. The number of aliphatic hydroxyl groups excluding tert-OH is 1. The molecule has 29 heavy (non-hydrogen) atoms. The number of aliphatic hydroxyl groups is 1. The zero-order chi connectivity index (χ0) is 21.0. The fourth-order valence-corrected chi connectivity index (χ4v) is 3.59. The fraction of sp³-hybridized carbons (Fsp3) is 0.304. The van der Waals surface area contributed by atoms with Crippen LogP contribution in [0.3, 0.4) is 0 Å². The Bertz CT molecular complexity index is 953. The number of amides is 1. The number of ether oxygens (including phenoxy) is 1. The van der Waals surface area contributed by atoms with Crippen molar-refractivity contribution in [1.82, 2.24) is 4.90 Å². The molecule has 3 rings (SSSR count). The number of benzene rings is 2. The summed E-state index contributed by atoms with van der Waals surface area (Å²) in [6.45, 7) is 2.34. The summed E-state index contributed by atoms with van der Waals surface area (Å²) >= 11 is 0. The first-order valence-electron chi connectivity index (χ1n) is 9.66. The molecule has 1 heterocycles. The molecule has 1 fully saturated rings. The number of carbonyl (C=O) groups excluding carboxylic acids is 2. The van der Waals surface area contributed by atoms with Crippen LogP contribution < -0.4 is 4.74 Å². The van der Waals surface area contributed by atoms with Gasteiger partial charge in [0.05, 0.1) is 18.7 Å².